The van der Waals surface area contributed by atoms with E-state index in [2.05, 4.69) is 4.98 Å². The van der Waals surface area contributed by atoms with Crippen molar-refractivity contribution in [3.63, 3.8) is 0 Å². The van der Waals surface area contributed by atoms with Crippen molar-refractivity contribution in [2.45, 2.75) is 0 Å². The molecule has 0 atom stereocenters. The van der Waals surface area contributed by atoms with E-state index in [0.717, 1.165) is 4.57 Å². The predicted molar refractivity (Wildman–Crippen MR) is 30.4 cm³/mol. The molecule has 10 heavy (non-hydrogen) atoms. The van der Waals surface area contributed by atoms with Crippen molar-refractivity contribution in [2.75, 3.05) is 0 Å². The fourth-order valence-electron chi connectivity index (χ4n) is 0.540. The third-order valence-corrected chi connectivity index (χ3v) is 0.947. The van der Waals surface area contributed by atoms with Crippen molar-refractivity contribution in [1.82, 2.24) is 9.55 Å². The lowest BCUT2D eigenvalue weighted by Crippen LogP contribution is -2.08. The summed E-state index contributed by atoms with van der Waals surface area (Å²) in [6.07, 6.45) is 1.27. The van der Waals surface area contributed by atoms with Gasteiger partial charge in [0.2, 0.25) is 5.82 Å². The van der Waals surface area contributed by atoms with Crippen LogP contribution in [0.1, 0.15) is 5.82 Å². The zero-order valence-corrected chi connectivity index (χ0v) is 4.85. The second-order valence-corrected chi connectivity index (χ2v) is 1.52. The van der Waals surface area contributed by atoms with E-state index in [-0.39, 0.29) is 5.82 Å². The molecule has 1 heterocycles. The lowest BCUT2D eigenvalue weighted by molar-refractivity contribution is 0.196. The molecule has 0 aromatic carbocycles. The van der Waals surface area contributed by atoms with Crippen LogP contribution in [0, 0.1) is 11.3 Å². The SMILES string of the molecule is N#Cc1nccn1C(=O)O. The quantitative estimate of drug-likeness (QED) is 0.557. The minimum Gasteiger partial charge on any atom is -0.464 e. The van der Waals surface area contributed by atoms with Crippen molar-refractivity contribution >= 4 is 6.09 Å². The van der Waals surface area contributed by atoms with E-state index in [0.29, 0.717) is 0 Å². The van der Waals surface area contributed by atoms with Crippen LogP contribution in [0.3, 0.4) is 0 Å². The molecule has 50 valence electrons. The van der Waals surface area contributed by atoms with Gasteiger partial charge in [0.25, 0.3) is 0 Å². The van der Waals surface area contributed by atoms with Crippen LogP contribution >= 0.6 is 0 Å². The first-order valence-electron chi connectivity index (χ1n) is 2.42. The molecule has 0 saturated heterocycles. The molecule has 1 N–H and O–H groups in total. The number of hydrogen-bond acceptors (Lipinski definition) is 3. The second-order valence-electron chi connectivity index (χ2n) is 1.52. The van der Waals surface area contributed by atoms with Crippen molar-refractivity contribution in [3.05, 3.63) is 18.2 Å². The van der Waals surface area contributed by atoms with Gasteiger partial charge in [-0.05, 0) is 0 Å². The highest BCUT2D eigenvalue weighted by atomic mass is 16.4. The Morgan fingerprint density at radius 2 is 2.60 bits per heavy atom. The first-order valence-corrected chi connectivity index (χ1v) is 2.42. The third kappa shape index (κ3) is 0.821. The Kier molecular flexibility index (Phi) is 1.38. The highest BCUT2D eigenvalue weighted by Crippen LogP contribution is 1.92. The van der Waals surface area contributed by atoms with Gasteiger partial charge in [0.15, 0.2) is 0 Å². The topological polar surface area (TPSA) is 78.9 Å². The Morgan fingerprint density at radius 1 is 1.90 bits per heavy atom. The van der Waals surface area contributed by atoms with Gasteiger partial charge in [-0.25, -0.2) is 14.3 Å². The number of imidazole rings is 1. The normalized spacial score (nSPS) is 8.70. The highest BCUT2D eigenvalue weighted by Gasteiger charge is 2.05. The summed E-state index contributed by atoms with van der Waals surface area (Å²) in [5, 5.41) is 16.6. The van der Waals surface area contributed by atoms with E-state index in [4.69, 9.17) is 10.4 Å². The number of nitriles is 1. The Balaban J connectivity index is 3.17. The molecule has 0 unspecified atom stereocenters. The van der Waals surface area contributed by atoms with Crippen molar-refractivity contribution in [2.24, 2.45) is 0 Å². The number of carbonyl (C=O) groups is 1. The molecule has 1 aromatic heterocycles. The summed E-state index contributed by atoms with van der Waals surface area (Å²) in [5.41, 5.74) is 0. The number of hydrogen-bond donors (Lipinski definition) is 1. The Morgan fingerprint density at radius 3 is 3.00 bits per heavy atom. The van der Waals surface area contributed by atoms with Crippen LogP contribution in [0.25, 0.3) is 0 Å². The minimum atomic E-state index is -1.20. The largest absolute Gasteiger partial charge is 0.464 e. The zero-order valence-electron chi connectivity index (χ0n) is 4.85. The van der Waals surface area contributed by atoms with E-state index in [1.54, 1.807) is 6.07 Å². The number of nitrogens with zero attached hydrogens (tertiary/aromatic N) is 3. The van der Waals surface area contributed by atoms with Crippen molar-refractivity contribution in [3.8, 4) is 6.07 Å². The Labute approximate surface area is 56.1 Å². The van der Waals surface area contributed by atoms with Crippen molar-refractivity contribution < 1.29 is 9.90 Å². The summed E-state index contributed by atoms with van der Waals surface area (Å²) in [5.74, 6) is -0.118. The molecule has 5 nitrogen and oxygen atoms in total. The Bertz CT molecular complexity index is 296. The minimum absolute atomic E-state index is 0.118. The fourth-order valence-corrected chi connectivity index (χ4v) is 0.540. The average Bonchev–Trinajstić information content (AvgIpc) is 2.33. The summed E-state index contributed by atoms with van der Waals surface area (Å²) in [6.45, 7) is 0. The standard InChI is InChI=1S/C5H3N3O2/c6-3-4-7-1-2-8(4)5(9)10/h1-2H,(H,9,10). The van der Waals surface area contributed by atoms with Crippen LogP contribution in [0.2, 0.25) is 0 Å². The molecule has 0 radical (unpaired) electrons. The third-order valence-electron chi connectivity index (χ3n) is 0.947. The maximum atomic E-state index is 10.2. The molecule has 0 aliphatic carbocycles. The predicted octanol–water partition coefficient (Wildman–Crippen LogP) is 0.281. The zero-order chi connectivity index (χ0) is 7.56. The molecular weight excluding hydrogens is 134 g/mol. The van der Waals surface area contributed by atoms with Gasteiger partial charge in [0, 0.05) is 12.4 Å². The first-order chi connectivity index (χ1) is 4.75. The second kappa shape index (κ2) is 2.19. The monoisotopic (exact) mass is 137 g/mol. The molecule has 0 saturated carbocycles. The van der Waals surface area contributed by atoms with Crippen LogP contribution < -0.4 is 0 Å². The molecule has 0 aliphatic heterocycles. The van der Waals surface area contributed by atoms with Gasteiger partial charge in [-0.2, -0.15) is 5.26 Å². The van der Waals surface area contributed by atoms with Crippen LogP contribution in [-0.4, -0.2) is 20.8 Å². The van der Waals surface area contributed by atoms with Gasteiger partial charge in [-0.3, -0.25) is 0 Å². The molecule has 1 aromatic rings. The molecule has 0 bridgehead atoms. The molecule has 5 heteroatoms. The number of carboxylic acid groups (broad SMARTS) is 1. The van der Waals surface area contributed by atoms with E-state index < -0.39 is 6.09 Å². The molecule has 0 spiro atoms. The lowest BCUT2D eigenvalue weighted by atomic mass is 10.7. The van der Waals surface area contributed by atoms with Gasteiger partial charge in [0.1, 0.15) is 6.07 Å². The van der Waals surface area contributed by atoms with E-state index in [1.807, 2.05) is 0 Å². The van der Waals surface area contributed by atoms with Crippen LogP contribution in [0.4, 0.5) is 4.79 Å². The maximum absolute atomic E-state index is 10.2. The van der Waals surface area contributed by atoms with Crippen LogP contribution in [-0.2, 0) is 0 Å². The average molecular weight is 137 g/mol. The van der Waals surface area contributed by atoms with E-state index in [1.165, 1.54) is 12.4 Å². The van der Waals surface area contributed by atoms with Gasteiger partial charge < -0.3 is 5.11 Å². The number of aromatic nitrogens is 2. The molecule has 1 rings (SSSR count). The van der Waals surface area contributed by atoms with Gasteiger partial charge >= 0.3 is 6.09 Å². The number of rotatable bonds is 0. The summed E-state index contributed by atoms with van der Waals surface area (Å²) in [4.78, 5) is 13.7. The first kappa shape index (κ1) is 6.29. The molecular formula is C5H3N3O2. The molecule has 0 amide bonds. The van der Waals surface area contributed by atoms with E-state index in [9.17, 15) is 4.79 Å². The maximum Gasteiger partial charge on any atom is 0.417 e. The van der Waals surface area contributed by atoms with Crippen molar-refractivity contribution in [1.29, 1.82) is 5.26 Å². The van der Waals surface area contributed by atoms with Crippen LogP contribution in [0.5, 0.6) is 0 Å². The van der Waals surface area contributed by atoms with Crippen LogP contribution in [0.15, 0.2) is 12.4 Å². The van der Waals surface area contributed by atoms with Gasteiger partial charge in [-0.1, -0.05) is 0 Å². The summed E-state index contributed by atoms with van der Waals surface area (Å²) >= 11 is 0. The molecule has 0 fully saturated rings. The molecule has 0 aliphatic rings. The fraction of sp³-hybridized carbons (Fsp3) is 0. The lowest BCUT2D eigenvalue weighted by Gasteiger charge is -1.90. The van der Waals surface area contributed by atoms with E-state index >= 15 is 0 Å². The van der Waals surface area contributed by atoms with Gasteiger partial charge in [0.05, 0.1) is 0 Å². The summed E-state index contributed by atoms with van der Waals surface area (Å²) in [6, 6.07) is 1.63. The summed E-state index contributed by atoms with van der Waals surface area (Å²) < 4.78 is 0.750. The van der Waals surface area contributed by atoms with Gasteiger partial charge in [-0.15, -0.1) is 0 Å². The summed E-state index contributed by atoms with van der Waals surface area (Å²) in [7, 11) is 0. The smallest absolute Gasteiger partial charge is 0.417 e. The Hall–Kier alpha value is -1.83. The highest BCUT2D eigenvalue weighted by molar-refractivity contribution is 5.69.